The number of aromatic amines is 1. The molecule has 2 N–H and O–H groups in total. The topological polar surface area (TPSA) is 99.5 Å². The lowest BCUT2D eigenvalue weighted by molar-refractivity contribution is 0.340. The van der Waals surface area contributed by atoms with Crippen molar-refractivity contribution >= 4 is 11.3 Å². The van der Waals surface area contributed by atoms with Gasteiger partial charge in [0.2, 0.25) is 5.82 Å². The Hall–Kier alpha value is -2.88. The van der Waals surface area contributed by atoms with Crippen LogP contribution < -0.4 is 10.1 Å². The highest BCUT2D eigenvalue weighted by molar-refractivity contribution is 5.74. The third kappa shape index (κ3) is 3.29. The van der Waals surface area contributed by atoms with Crippen LogP contribution in [0.4, 0.5) is 5.69 Å². The Morgan fingerprint density at radius 3 is 2.84 bits per heavy atom. The summed E-state index contributed by atoms with van der Waals surface area (Å²) in [4.78, 5) is 0. The predicted molar refractivity (Wildman–Crippen MR) is 69.0 cm³/mol. The van der Waals surface area contributed by atoms with Crippen LogP contribution in [-0.2, 0) is 0 Å². The van der Waals surface area contributed by atoms with E-state index >= 15 is 0 Å². The van der Waals surface area contributed by atoms with Gasteiger partial charge in [0.15, 0.2) is 0 Å². The van der Waals surface area contributed by atoms with E-state index in [1.807, 2.05) is 37.3 Å². The fourth-order valence-corrected chi connectivity index (χ4v) is 1.39. The van der Waals surface area contributed by atoms with Crippen LogP contribution >= 0.6 is 0 Å². The number of nitriles is 1. The van der Waals surface area contributed by atoms with Gasteiger partial charge in [0, 0.05) is 11.9 Å². The van der Waals surface area contributed by atoms with E-state index in [2.05, 4.69) is 25.9 Å². The van der Waals surface area contributed by atoms with E-state index in [9.17, 15) is 0 Å². The van der Waals surface area contributed by atoms with Crippen LogP contribution in [0.5, 0.6) is 5.75 Å². The fourth-order valence-electron chi connectivity index (χ4n) is 1.39. The molecule has 1 heterocycles. The largest absolute Gasteiger partial charge is 0.494 e. The Morgan fingerprint density at radius 2 is 2.26 bits per heavy atom. The molecule has 96 valence electrons. The second-order valence-electron chi connectivity index (χ2n) is 3.51. The summed E-state index contributed by atoms with van der Waals surface area (Å²) in [5, 5.41) is 25.2. The van der Waals surface area contributed by atoms with Crippen molar-refractivity contribution < 1.29 is 4.74 Å². The van der Waals surface area contributed by atoms with Gasteiger partial charge in [-0.05, 0) is 36.4 Å². The average Bonchev–Trinajstić information content (AvgIpc) is 2.96. The van der Waals surface area contributed by atoms with Crippen molar-refractivity contribution in [1.29, 1.82) is 5.26 Å². The van der Waals surface area contributed by atoms with Crippen molar-refractivity contribution in [2.24, 2.45) is 0 Å². The number of aromatic nitrogens is 4. The number of hydrogen-bond donors (Lipinski definition) is 2. The van der Waals surface area contributed by atoms with E-state index in [-0.39, 0.29) is 5.82 Å². The maximum absolute atomic E-state index is 8.99. The summed E-state index contributed by atoms with van der Waals surface area (Å²) in [6, 6.07) is 9.40. The van der Waals surface area contributed by atoms with Crippen molar-refractivity contribution in [2.45, 2.75) is 6.92 Å². The van der Waals surface area contributed by atoms with E-state index in [1.165, 1.54) is 6.20 Å². The van der Waals surface area contributed by atoms with E-state index in [1.54, 1.807) is 0 Å². The Kier molecular flexibility index (Phi) is 4.08. The minimum atomic E-state index is 0.251. The molecule has 2 aromatic rings. The van der Waals surface area contributed by atoms with Gasteiger partial charge in [-0.25, -0.2) is 0 Å². The van der Waals surface area contributed by atoms with Crippen LogP contribution in [0.25, 0.3) is 5.57 Å². The molecule has 0 spiro atoms. The van der Waals surface area contributed by atoms with Gasteiger partial charge < -0.3 is 10.1 Å². The normalized spacial score (nSPS) is 10.8. The highest BCUT2D eigenvalue weighted by Crippen LogP contribution is 2.16. The molecule has 0 amide bonds. The minimum absolute atomic E-state index is 0.251. The number of allylic oxidation sites excluding steroid dienone is 1. The first-order valence-corrected chi connectivity index (χ1v) is 5.67. The van der Waals surface area contributed by atoms with Gasteiger partial charge in [0.05, 0.1) is 6.61 Å². The summed E-state index contributed by atoms with van der Waals surface area (Å²) >= 11 is 0. The second kappa shape index (κ2) is 6.16. The molecule has 0 fully saturated rings. The molecule has 0 saturated carbocycles. The molecule has 2 rings (SSSR count). The zero-order valence-corrected chi connectivity index (χ0v) is 10.3. The standard InChI is InChI=1S/C12H12N6O/c1-2-19-11-5-3-10(4-6-11)14-8-9(7-13)12-15-17-18-16-12/h3-6,8,14H,2H2,1H3,(H,15,16,17,18). The molecule has 0 aliphatic carbocycles. The summed E-state index contributed by atoms with van der Waals surface area (Å²) in [5.74, 6) is 1.05. The number of tetrazole rings is 1. The molecule has 0 atom stereocenters. The SMILES string of the molecule is CCOc1ccc(NC=C(C#N)c2nn[nH]n2)cc1. The number of anilines is 1. The van der Waals surface area contributed by atoms with Gasteiger partial charge in [-0.2, -0.15) is 10.5 Å². The van der Waals surface area contributed by atoms with Gasteiger partial charge >= 0.3 is 0 Å². The quantitative estimate of drug-likeness (QED) is 0.788. The third-order valence-electron chi connectivity index (χ3n) is 2.26. The van der Waals surface area contributed by atoms with E-state index in [4.69, 9.17) is 10.00 Å². The van der Waals surface area contributed by atoms with Crippen molar-refractivity contribution in [1.82, 2.24) is 20.6 Å². The molecule has 1 aromatic heterocycles. The fraction of sp³-hybridized carbons (Fsp3) is 0.167. The van der Waals surface area contributed by atoms with Crippen molar-refractivity contribution in [2.75, 3.05) is 11.9 Å². The van der Waals surface area contributed by atoms with E-state index in [0.29, 0.717) is 12.2 Å². The molecule has 19 heavy (non-hydrogen) atoms. The van der Waals surface area contributed by atoms with Crippen molar-refractivity contribution in [3.8, 4) is 11.8 Å². The number of rotatable bonds is 5. The van der Waals surface area contributed by atoms with Crippen LogP contribution in [0.3, 0.4) is 0 Å². The van der Waals surface area contributed by atoms with Crippen LogP contribution in [0.15, 0.2) is 30.5 Å². The first-order chi connectivity index (χ1) is 9.33. The lowest BCUT2D eigenvalue weighted by atomic mass is 10.3. The predicted octanol–water partition coefficient (Wildman–Crippen LogP) is 1.57. The Balaban J connectivity index is 2.07. The minimum Gasteiger partial charge on any atom is -0.494 e. The molecule has 0 radical (unpaired) electrons. The first-order valence-electron chi connectivity index (χ1n) is 5.67. The van der Waals surface area contributed by atoms with Crippen molar-refractivity contribution in [3.63, 3.8) is 0 Å². The molecule has 0 aliphatic rings. The highest BCUT2D eigenvalue weighted by Gasteiger charge is 2.05. The van der Waals surface area contributed by atoms with E-state index < -0.39 is 0 Å². The lowest BCUT2D eigenvalue weighted by Crippen LogP contribution is -1.94. The Morgan fingerprint density at radius 1 is 1.47 bits per heavy atom. The summed E-state index contributed by atoms with van der Waals surface area (Å²) in [7, 11) is 0. The molecular formula is C12H12N6O. The first kappa shape index (κ1) is 12.6. The third-order valence-corrected chi connectivity index (χ3v) is 2.26. The van der Waals surface area contributed by atoms with Gasteiger partial charge in [-0.15, -0.1) is 10.2 Å². The maximum atomic E-state index is 8.99. The van der Waals surface area contributed by atoms with E-state index in [0.717, 1.165) is 11.4 Å². The number of nitrogens with zero attached hydrogens (tertiary/aromatic N) is 4. The van der Waals surface area contributed by atoms with Crippen LogP contribution in [0.1, 0.15) is 12.7 Å². The number of nitrogens with one attached hydrogen (secondary N) is 2. The zero-order chi connectivity index (χ0) is 13.5. The monoisotopic (exact) mass is 256 g/mol. The molecule has 0 unspecified atom stereocenters. The molecule has 0 saturated heterocycles. The summed E-state index contributed by atoms with van der Waals surface area (Å²) in [5.41, 5.74) is 1.13. The summed E-state index contributed by atoms with van der Waals surface area (Å²) in [6.45, 7) is 2.56. The maximum Gasteiger partial charge on any atom is 0.216 e. The molecule has 7 nitrogen and oxygen atoms in total. The van der Waals surface area contributed by atoms with Gasteiger partial charge in [-0.3, -0.25) is 0 Å². The second-order valence-corrected chi connectivity index (χ2v) is 3.51. The van der Waals surface area contributed by atoms with Crippen molar-refractivity contribution in [3.05, 3.63) is 36.3 Å². The number of hydrogen-bond acceptors (Lipinski definition) is 6. The Labute approximate surface area is 109 Å². The smallest absolute Gasteiger partial charge is 0.216 e. The molecule has 0 bridgehead atoms. The van der Waals surface area contributed by atoms with Gasteiger partial charge in [0.25, 0.3) is 0 Å². The highest BCUT2D eigenvalue weighted by atomic mass is 16.5. The molecule has 7 heteroatoms. The number of benzene rings is 1. The summed E-state index contributed by atoms with van der Waals surface area (Å²) in [6.07, 6.45) is 1.53. The number of ether oxygens (including phenoxy) is 1. The average molecular weight is 256 g/mol. The zero-order valence-electron chi connectivity index (χ0n) is 10.3. The van der Waals surface area contributed by atoms with Gasteiger partial charge in [-0.1, -0.05) is 0 Å². The van der Waals surface area contributed by atoms with Crippen LogP contribution in [-0.4, -0.2) is 27.2 Å². The van der Waals surface area contributed by atoms with Crippen LogP contribution in [0.2, 0.25) is 0 Å². The molecular weight excluding hydrogens is 244 g/mol. The molecule has 0 aliphatic heterocycles. The summed E-state index contributed by atoms with van der Waals surface area (Å²) < 4.78 is 5.34. The molecule has 1 aromatic carbocycles. The lowest BCUT2D eigenvalue weighted by Gasteiger charge is -2.04. The van der Waals surface area contributed by atoms with Gasteiger partial charge in [0.1, 0.15) is 17.4 Å². The number of H-pyrrole nitrogens is 1. The van der Waals surface area contributed by atoms with Crippen LogP contribution in [0, 0.1) is 11.3 Å². The Bertz CT molecular complexity index is 582.